The van der Waals surface area contributed by atoms with E-state index >= 15 is 0 Å². The second kappa shape index (κ2) is 5.83. The van der Waals surface area contributed by atoms with Gasteiger partial charge in [0, 0.05) is 11.6 Å². The average molecular weight is 239 g/mol. The first-order chi connectivity index (χ1) is 8.08. The van der Waals surface area contributed by atoms with Gasteiger partial charge in [0.1, 0.15) is 5.75 Å². The van der Waals surface area contributed by atoms with Crippen LogP contribution in [0.3, 0.4) is 0 Å². The summed E-state index contributed by atoms with van der Waals surface area (Å²) in [6, 6.07) is 4.11. The average Bonchev–Trinajstić information content (AvgIpc) is 2.29. The number of carbonyl (C=O) groups excluding carboxylic acids is 1. The number of nitro benzene ring substituents is 1. The molecule has 0 unspecified atom stereocenters. The number of rotatable bonds is 5. The molecule has 0 heterocycles. The Morgan fingerprint density at radius 1 is 1.47 bits per heavy atom. The normalized spacial score (nSPS) is 9.76. The number of non-ortho nitro benzene ring substituents is 1. The Bertz CT molecular complexity index is 430. The van der Waals surface area contributed by atoms with Crippen LogP contribution in [-0.4, -0.2) is 24.6 Å². The van der Waals surface area contributed by atoms with E-state index in [0.29, 0.717) is 17.9 Å². The lowest BCUT2D eigenvalue weighted by Gasteiger charge is -2.07. The number of esters is 1. The first-order valence-corrected chi connectivity index (χ1v) is 5.05. The molecule has 0 N–H and O–H groups in total. The molecule has 92 valence electrons. The van der Waals surface area contributed by atoms with Gasteiger partial charge in [0.25, 0.3) is 5.69 Å². The van der Waals surface area contributed by atoms with Gasteiger partial charge in [-0.25, -0.2) is 0 Å². The van der Waals surface area contributed by atoms with Crippen LogP contribution in [0.1, 0.15) is 12.5 Å². The summed E-state index contributed by atoms with van der Waals surface area (Å²) >= 11 is 0. The molecule has 1 aromatic carbocycles. The van der Waals surface area contributed by atoms with Gasteiger partial charge in [0.2, 0.25) is 0 Å². The Kier molecular flexibility index (Phi) is 4.45. The molecule has 0 saturated heterocycles. The predicted molar refractivity (Wildman–Crippen MR) is 60.0 cm³/mol. The molecule has 6 nitrogen and oxygen atoms in total. The quantitative estimate of drug-likeness (QED) is 0.444. The van der Waals surface area contributed by atoms with Crippen molar-refractivity contribution in [3.05, 3.63) is 33.9 Å². The van der Waals surface area contributed by atoms with Gasteiger partial charge in [0.05, 0.1) is 31.1 Å². The number of ether oxygens (including phenoxy) is 2. The molecular weight excluding hydrogens is 226 g/mol. The van der Waals surface area contributed by atoms with Crippen LogP contribution in [0.25, 0.3) is 0 Å². The lowest BCUT2D eigenvalue weighted by atomic mass is 10.1. The second-order valence-corrected chi connectivity index (χ2v) is 3.24. The van der Waals surface area contributed by atoms with Crippen LogP contribution in [-0.2, 0) is 16.0 Å². The highest BCUT2D eigenvalue weighted by atomic mass is 16.6. The SMILES string of the molecule is CCOC(=O)Cc1ccc([N+](=O)[O-])cc1OC. The van der Waals surface area contributed by atoms with Crippen LogP contribution in [0.2, 0.25) is 0 Å². The van der Waals surface area contributed by atoms with E-state index in [2.05, 4.69) is 0 Å². The number of hydrogen-bond donors (Lipinski definition) is 0. The summed E-state index contributed by atoms with van der Waals surface area (Å²) < 4.78 is 9.80. The van der Waals surface area contributed by atoms with Gasteiger partial charge >= 0.3 is 5.97 Å². The molecule has 0 spiro atoms. The van der Waals surface area contributed by atoms with E-state index in [1.165, 1.54) is 25.3 Å². The third-order valence-corrected chi connectivity index (χ3v) is 2.12. The molecule has 0 fully saturated rings. The van der Waals surface area contributed by atoms with Crippen LogP contribution in [0.5, 0.6) is 5.75 Å². The fourth-order valence-corrected chi connectivity index (χ4v) is 1.36. The van der Waals surface area contributed by atoms with Gasteiger partial charge in [-0.1, -0.05) is 0 Å². The fraction of sp³-hybridized carbons (Fsp3) is 0.364. The number of methoxy groups -OCH3 is 1. The molecule has 0 atom stereocenters. The molecule has 0 aliphatic heterocycles. The zero-order valence-corrected chi connectivity index (χ0v) is 9.63. The molecule has 0 bridgehead atoms. The van der Waals surface area contributed by atoms with Crippen molar-refractivity contribution in [1.29, 1.82) is 0 Å². The smallest absolute Gasteiger partial charge is 0.310 e. The van der Waals surface area contributed by atoms with E-state index in [9.17, 15) is 14.9 Å². The summed E-state index contributed by atoms with van der Waals surface area (Å²) in [5.41, 5.74) is 0.492. The van der Waals surface area contributed by atoms with Crippen molar-refractivity contribution in [3.8, 4) is 5.75 Å². The van der Waals surface area contributed by atoms with Crippen molar-refractivity contribution in [3.63, 3.8) is 0 Å². The zero-order chi connectivity index (χ0) is 12.8. The topological polar surface area (TPSA) is 78.7 Å². The van der Waals surface area contributed by atoms with Crippen LogP contribution >= 0.6 is 0 Å². The minimum absolute atomic E-state index is 0.0367. The molecular formula is C11H13NO5. The van der Waals surface area contributed by atoms with Gasteiger partial charge < -0.3 is 9.47 Å². The van der Waals surface area contributed by atoms with E-state index in [-0.39, 0.29) is 18.1 Å². The van der Waals surface area contributed by atoms with Crippen LogP contribution in [0.4, 0.5) is 5.69 Å². The summed E-state index contributed by atoms with van der Waals surface area (Å²) in [4.78, 5) is 21.3. The van der Waals surface area contributed by atoms with Crippen molar-refractivity contribution in [1.82, 2.24) is 0 Å². The molecule has 1 rings (SSSR count). The Morgan fingerprint density at radius 3 is 2.71 bits per heavy atom. The highest BCUT2D eigenvalue weighted by Gasteiger charge is 2.14. The van der Waals surface area contributed by atoms with Gasteiger partial charge in [-0.2, -0.15) is 0 Å². The van der Waals surface area contributed by atoms with Gasteiger partial charge in [0.15, 0.2) is 0 Å². The van der Waals surface area contributed by atoms with Crippen molar-refractivity contribution in [2.75, 3.05) is 13.7 Å². The van der Waals surface area contributed by atoms with Crippen LogP contribution < -0.4 is 4.74 Å². The summed E-state index contributed by atoms with van der Waals surface area (Å²) in [5.74, 6) is -0.0769. The van der Waals surface area contributed by atoms with E-state index in [1.54, 1.807) is 6.92 Å². The maximum Gasteiger partial charge on any atom is 0.310 e. The summed E-state index contributed by atoms with van der Waals surface area (Å²) in [6.07, 6.45) is 0.0367. The zero-order valence-electron chi connectivity index (χ0n) is 9.63. The van der Waals surface area contributed by atoms with E-state index in [1.807, 2.05) is 0 Å². The number of benzene rings is 1. The number of carbonyl (C=O) groups is 1. The molecule has 0 aliphatic carbocycles. The standard InChI is InChI=1S/C11H13NO5/c1-3-17-11(13)6-8-4-5-9(12(14)15)7-10(8)16-2/h4-5,7H,3,6H2,1-2H3. The summed E-state index contributed by atoms with van der Waals surface area (Å²) in [5, 5.41) is 10.6. The Labute approximate surface area is 98.3 Å². The molecule has 0 saturated carbocycles. The highest BCUT2D eigenvalue weighted by Crippen LogP contribution is 2.25. The molecule has 17 heavy (non-hydrogen) atoms. The number of hydrogen-bond acceptors (Lipinski definition) is 5. The molecule has 0 amide bonds. The minimum Gasteiger partial charge on any atom is -0.496 e. The maximum absolute atomic E-state index is 11.3. The summed E-state index contributed by atoms with van der Waals surface area (Å²) in [6.45, 7) is 2.01. The molecule has 0 aliphatic rings. The molecule has 0 radical (unpaired) electrons. The maximum atomic E-state index is 11.3. The first-order valence-electron chi connectivity index (χ1n) is 5.05. The van der Waals surface area contributed by atoms with Crippen molar-refractivity contribution >= 4 is 11.7 Å². The van der Waals surface area contributed by atoms with Gasteiger partial charge in [-0.15, -0.1) is 0 Å². The minimum atomic E-state index is -0.517. The summed E-state index contributed by atoms with van der Waals surface area (Å²) in [7, 11) is 1.40. The van der Waals surface area contributed by atoms with Crippen molar-refractivity contribution in [2.24, 2.45) is 0 Å². The molecule has 6 heteroatoms. The lowest BCUT2D eigenvalue weighted by Crippen LogP contribution is -2.08. The Morgan fingerprint density at radius 2 is 2.18 bits per heavy atom. The third-order valence-electron chi connectivity index (χ3n) is 2.12. The van der Waals surface area contributed by atoms with Crippen molar-refractivity contribution < 1.29 is 19.2 Å². The van der Waals surface area contributed by atoms with Crippen molar-refractivity contribution in [2.45, 2.75) is 13.3 Å². The van der Waals surface area contributed by atoms with Crippen LogP contribution in [0, 0.1) is 10.1 Å². The predicted octanol–water partition coefficient (Wildman–Crippen LogP) is 1.71. The van der Waals surface area contributed by atoms with Crippen LogP contribution in [0.15, 0.2) is 18.2 Å². The Balaban J connectivity index is 2.92. The first kappa shape index (κ1) is 13.0. The lowest BCUT2D eigenvalue weighted by molar-refractivity contribution is -0.384. The monoisotopic (exact) mass is 239 g/mol. The largest absolute Gasteiger partial charge is 0.496 e. The van der Waals surface area contributed by atoms with E-state index in [0.717, 1.165) is 0 Å². The number of nitro groups is 1. The molecule has 1 aromatic rings. The van der Waals surface area contributed by atoms with E-state index in [4.69, 9.17) is 9.47 Å². The van der Waals surface area contributed by atoms with E-state index < -0.39 is 4.92 Å². The van der Waals surface area contributed by atoms with Gasteiger partial charge in [-0.3, -0.25) is 14.9 Å². The Hall–Kier alpha value is -2.11. The molecule has 0 aromatic heterocycles. The third kappa shape index (κ3) is 3.44. The number of nitrogens with zero attached hydrogens (tertiary/aromatic N) is 1. The second-order valence-electron chi connectivity index (χ2n) is 3.24. The fourth-order valence-electron chi connectivity index (χ4n) is 1.36. The van der Waals surface area contributed by atoms with Gasteiger partial charge in [-0.05, 0) is 13.0 Å². The highest BCUT2D eigenvalue weighted by molar-refractivity contribution is 5.73.